The van der Waals surface area contributed by atoms with Crippen LogP contribution in [0, 0.1) is 20.8 Å². The molecule has 0 saturated heterocycles. The monoisotopic (exact) mass is 314 g/mol. The van der Waals surface area contributed by atoms with E-state index in [4.69, 9.17) is 0 Å². The van der Waals surface area contributed by atoms with Gasteiger partial charge in [-0.1, -0.05) is 48.0 Å². The molecule has 0 spiro atoms. The Hall–Kier alpha value is -1.08. The van der Waals surface area contributed by atoms with Gasteiger partial charge in [-0.15, -0.1) is 0 Å². The summed E-state index contributed by atoms with van der Waals surface area (Å²) in [6.07, 6.45) is 0. The fraction of sp³-hybridized carbons (Fsp3) is 0.333. The summed E-state index contributed by atoms with van der Waals surface area (Å²) in [5.41, 5.74) is 10.1. The molecule has 3 rings (SSSR count). The van der Waals surface area contributed by atoms with Crippen LogP contribution in [0.5, 0.6) is 0 Å². The summed E-state index contributed by atoms with van der Waals surface area (Å²) >= 11 is 3.74. The van der Waals surface area contributed by atoms with Crippen molar-refractivity contribution in [1.82, 2.24) is 0 Å². The molecule has 0 bridgehead atoms. The van der Waals surface area contributed by atoms with Gasteiger partial charge in [-0.2, -0.15) is 0 Å². The number of hydrogen-bond donors (Lipinski definition) is 0. The Balaban J connectivity index is 2.50. The zero-order valence-electron chi connectivity index (χ0n) is 12.2. The quantitative estimate of drug-likeness (QED) is 0.586. The van der Waals surface area contributed by atoms with Crippen LogP contribution < -0.4 is 0 Å². The first-order chi connectivity index (χ1) is 8.85. The van der Waals surface area contributed by atoms with E-state index in [1.165, 1.54) is 43.4 Å². The average Bonchev–Trinajstić information content (AvgIpc) is 2.56. The van der Waals surface area contributed by atoms with Crippen LogP contribution in [0.25, 0.3) is 11.1 Å². The first-order valence-corrected chi connectivity index (χ1v) is 7.55. The summed E-state index contributed by atoms with van der Waals surface area (Å²) < 4.78 is 1.21. The number of fused-ring (bicyclic) bond motifs is 3. The number of rotatable bonds is 0. The van der Waals surface area contributed by atoms with Crippen molar-refractivity contribution in [3.05, 3.63) is 56.6 Å². The molecule has 1 aliphatic carbocycles. The van der Waals surface area contributed by atoms with Crippen molar-refractivity contribution in [2.45, 2.75) is 40.0 Å². The molecule has 0 N–H and O–H groups in total. The van der Waals surface area contributed by atoms with Crippen LogP contribution in [0.1, 0.15) is 41.7 Å². The second-order valence-electron chi connectivity index (χ2n) is 6.15. The molecule has 98 valence electrons. The van der Waals surface area contributed by atoms with E-state index >= 15 is 0 Å². The van der Waals surface area contributed by atoms with E-state index < -0.39 is 0 Å². The van der Waals surface area contributed by atoms with Crippen LogP contribution in [0.3, 0.4) is 0 Å². The Morgan fingerprint density at radius 2 is 1.68 bits per heavy atom. The highest BCUT2D eigenvalue weighted by atomic mass is 79.9. The van der Waals surface area contributed by atoms with E-state index in [2.05, 4.69) is 74.8 Å². The van der Waals surface area contributed by atoms with Gasteiger partial charge in [0.05, 0.1) is 0 Å². The molecule has 1 heteroatoms. The Labute approximate surface area is 124 Å². The molecule has 0 heterocycles. The smallest absolute Gasteiger partial charge is 0.0256 e. The largest absolute Gasteiger partial charge is 0.0608 e. The predicted octanol–water partition coefficient (Wildman–Crippen LogP) is 5.68. The van der Waals surface area contributed by atoms with Crippen LogP contribution >= 0.6 is 15.9 Å². The van der Waals surface area contributed by atoms with Gasteiger partial charge in [0, 0.05) is 15.5 Å². The minimum Gasteiger partial charge on any atom is -0.0608 e. The highest BCUT2D eigenvalue weighted by Gasteiger charge is 2.38. The van der Waals surface area contributed by atoms with Gasteiger partial charge in [0.1, 0.15) is 0 Å². The van der Waals surface area contributed by atoms with Gasteiger partial charge in [-0.25, -0.2) is 0 Å². The lowest BCUT2D eigenvalue weighted by atomic mass is 9.79. The number of aryl methyl sites for hydroxylation is 1. The Morgan fingerprint density at radius 1 is 1.00 bits per heavy atom. The molecular formula is C18H19Br. The third kappa shape index (κ3) is 1.57. The molecule has 0 nitrogen and oxygen atoms in total. The molecule has 0 aliphatic heterocycles. The van der Waals surface area contributed by atoms with Crippen LogP contribution in [-0.4, -0.2) is 0 Å². The van der Waals surface area contributed by atoms with Crippen molar-refractivity contribution >= 4 is 15.9 Å². The fourth-order valence-electron chi connectivity index (χ4n) is 3.54. The first kappa shape index (κ1) is 12.9. The number of benzene rings is 2. The van der Waals surface area contributed by atoms with Crippen LogP contribution in [0.2, 0.25) is 0 Å². The molecule has 0 amide bonds. The summed E-state index contributed by atoms with van der Waals surface area (Å²) in [5, 5.41) is 0. The van der Waals surface area contributed by atoms with E-state index in [0.717, 1.165) is 0 Å². The second kappa shape index (κ2) is 3.96. The summed E-state index contributed by atoms with van der Waals surface area (Å²) in [4.78, 5) is 0. The minimum absolute atomic E-state index is 0.0942. The first-order valence-electron chi connectivity index (χ1n) is 6.76. The minimum atomic E-state index is 0.0942. The van der Waals surface area contributed by atoms with Crippen molar-refractivity contribution in [1.29, 1.82) is 0 Å². The molecule has 0 fully saturated rings. The van der Waals surface area contributed by atoms with Crippen molar-refractivity contribution in [3.8, 4) is 11.1 Å². The van der Waals surface area contributed by atoms with Gasteiger partial charge in [0.2, 0.25) is 0 Å². The highest BCUT2D eigenvalue weighted by molar-refractivity contribution is 9.10. The second-order valence-corrected chi connectivity index (χ2v) is 7.01. The van der Waals surface area contributed by atoms with Gasteiger partial charge < -0.3 is 0 Å². The van der Waals surface area contributed by atoms with E-state index in [-0.39, 0.29) is 5.41 Å². The zero-order valence-corrected chi connectivity index (χ0v) is 13.8. The van der Waals surface area contributed by atoms with Crippen molar-refractivity contribution < 1.29 is 0 Å². The van der Waals surface area contributed by atoms with Crippen LogP contribution in [-0.2, 0) is 5.41 Å². The van der Waals surface area contributed by atoms with Gasteiger partial charge in [0.25, 0.3) is 0 Å². The molecule has 0 aromatic heterocycles. The maximum Gasteiger partial charge on any atom is 0.0256 e. The molecule has 2 aromatic carbocycles. The zero-order chi connectivity index (χ0) is 13.9. The average molecular weight is 315 g/mol. The summed E-state index contributed by atoms with van der Waals surface area (Å²) in [7, 11) is 0. The van der Waals surface area contributed by atoms with E-state index in [0.29, 0.717) is 0 Å². The number of hydrogen-bond acceptors (Lipinski definition) is 0. The third-order valence-corrected chi connectivity index (χ3v) is 5.40. The molecule has 2 aromatic rings. The van der Waals surface area contributed by atoms with Gasteiger partial charge in [-0.3, -0.25) is 0 Å². The van der Waals surface area contributed by atoms with Crippen molar-refractivity contribution in [3.63, 3.8) is 0 Å². The summed E-state index contributed by atoms with van der Waals surface area (Å²) in [5.74, 6) is 0. The summed E-state index contributed by atoms with van der Waals surface area (Å²) in [6, 6.07) is 8.92. The Kier molecular flexibility index (Phi) is 2.69. The summed E-state index contributed by atoms with van der Waals surface area (Å²) in [6.45, 7) is 11.4. The van der Waals surface area contributed by atoms with Gasteiger partial charge in [-0.05, 0) is 60.2 Å². The highest BCUT2D eigenvalue weighted by Crippen LogP contribution is 2.53. The number of halogens is 1. The van der Waals surface area contributed by atoms with Gasteiger partial charge >= 0.3 is 0 Å². The van der Waals surface area contributed by atoms with Crippen molar-refractivity contribution in [2.24, 2.45) is 0 Å². The molecule has 19 heavy (non-hydrogen) atoms. The lowest BCUT2D eigenvalue weighted by Gasteiger charge is -2.24. The van der Waals surface area contributed by atoms with Gasteiger partial charge in [0.15, 0.2) is 0 Å². The van der Waals surface area contributed by atoms with Crippen LogP contribution in [0.15, 0.2) is 28.7 Å². The molecule has 0 unspecified atom stereocenters. The van der Waals surface area contributed by atoms with Crippen molar-refractivity contribution in [2.75, 3.05) is 0 Å². The molecule has 1 aliphatic rings. The molecule has 0 radical (unpaired) electrons. The SMILES string of the molecule is Cc1cc2c(c(C)c1C)C(C)(C)c1cccc(Br)c1-2. The lowest BCUT2D eigenvalue weighted by Crippen LogP contribution is -2.17. The predicted molar refractivity (Wildman–Crippen MR) is 85.9 cm³/mol. The maximum absolute atomic E-state index is 3.74. The lowest BCUT2D eigenvalue weighted by molar-refractivity contribution is 0.654. The topological polar surface area (TPSA) is 0 Å². The van der Waals surface area contributed by atoms with Crippen LogP contribution in [0.4, 0.5) is 0 Å². The molecular weight excluding hydrogens is 296 g/mol. The standard InChI is InChI=1S/C18H19Br/c1-10-9-13-16-14(7-6-8-15(16)19)18(4,5)17(13)12(3)11(10)2/h6-9H,1-5H3. The molecule has 0 saturated carbocycles. The Morgan fingerprint density at radius 3 is 2.37 bits per heavy atom. The Bertz CT molecular complexity index is 693. The maximum atomic E-state index is 3.74. The normalized spacial score (nSPS) is 15.3. The third-order valence-electron chi connectivity index (χ3n) is 4.74. The van der Waals surface area contributed by atoms with E-state index in [9.17, 15) is 0 Å². The van der Waals surface area contributed by atoms with E-state index in [1.807, 2.05) is 0 Å². The molecule has 0 atom stereocenters. The van der Waals surface area contributed by atoms with E-state index in [1.54, 1.807) is 0 Å². The fourth-order valence-corrected chi connectivity index (χ4v) is 4.12.